The average molecular weight is 263 g/mol. The number of hydrogen-bond acceptors (Lipinski definition) is 3. The first-order valence-corrected chi connectivity index (χ1v) is 6.21. The molecule has 0 aliphatic rings. The SMILES string of the molecule is Nc1cc(Cl)nc(OCCCc2ccccc2)c1. The van der Waals surface area contributed by atoms with Crippen molar-refractivity contribution in [1.82, 2.24) is 4.98 Å². The van der Waals surface area contributed by atoms with Crippen LogP contribution in [0.2, 0.25) is 5.15 Å². The molecule has 0 aliphatic heterocycles. The minimum atomic E-state index is 0.355. The lowest BCUT2D eigenvalue weighted by molar-refractivity contribution is 0.299. The van der Waals surface area contributed by atoms with Crippen molar-refractivity contribution in [2.24, 2.45) is 0 Å². The topological polar surface area (TPSA) is 48.1 Å². The van der Waals surface area contributed by atoms with Crippen LogP contribution in [0.25, 0.3) is 0 Å². The van der Waals surface area contributed by atoms with Crippen LogP contribution >= 0.6 is 11.6 Å². The van der Waals surface area contributed by atoms with Gasteiger partial charge in [-0.05, 0) is 24.5 Å². The van der Waals surface area contributed by atoms with Crippen LogP contribution in [0.15, 0.2) is 42.5 Å². The third kappa shape index (κ3) is 3.93. The first-order chi connectivity index (χ1) is 8.74. The number of hydrogen-bond donors (Lipinski definition) is 1. The first-order valence-electron chi connectivity index (χ1n) is 5.84. The molecule has 0 spiro atoms. The third-order valence-corrected chi connectivity index (χ3v) is 2.69. The second kappa shape index (κ2) is 6.26. The fourth-order valence-corrected chi connectivity index (χ4v) is 1.87. The molecule has 94 valence electrons. The second-order valence-electron chi connectivity index (χ2n) is 4.00. The molecule has 0 aliphatic carbocycles. The Balaban J connectivity index is 1.78. The number of nitrogens with zero attached hydrogens (tertiary/aromatic N) is 1. The lowest BCUT2D eigenvalue weighted by atomic mass is 10.1. The zero-order valence-electron chi connectivity index (χ0n) is 9.97. The zero-order valence-corrected chi connectivity index (χ0v) is 10.7. The van der Waals surface area contributed by atoms with Crippen molar-refractivity contribution in [3.63, 3.8) is 0 Å². The summed E-state index contributed by atoms with van der Waals surface area (Å²) >= 11 is 5.79. The molecule has 0 amide bonds. The van der Waals surface area contributed by atoms with E-state index in [4.69, 9.17) is 22.1 Å². The highest BCUT2D eigenvalue weighted by atomic mass is 35.5. The molecule has 1 heterocycles. The molecule has 2 rings (SSSR count). The van der Waals surface area contributed by atoms with E-state index in [1.165, 1.54) is 5.56 Å². The molecule has 18 heavy (non-hydrogen) atoms. The average Bonchev–Trinajstić information content (AvgIpc) is 2.35. The maximum atomic E-state index is 5.79. The molecule has 2 N–H and O–H groups in total. The summed E-state index contributed by atoms with van der Waals surface area (Å²) in [5.74, 6) is 0.480. The minimum absolute atomic E-state index is 0.355. The van der Waals surface area contributed by atoms with Gasteiger partial charge in [-0.2, -0.15) is 0 Å². The maximum absolute atomic E-state index is 5.79. The number of rotatable bonds is 5. The highest BCUT2D eigenvalue weighted by molar-refractivity contribution is 6.29. The van der Waals surface area contributed by atoms with Crippen molar-refractivity contribution < 1.29 is 4.74 Å². The standard InChI is InChI=1S/C14H15ClN2O/c15-13-9-12(16)10-14(17-13)18-8-4-7-11-5-2-1-3-6-11/h1-3,5-6,9-10H,4,7-8H2,(H2,16,17). The molecular weight excluding hydrogens is 248 g/mol. The summed E-state index contributed by atoms with van der Waals surface area (Å²) in [6, 6.07) is 13.6. The first kappa shape index (κ1) is 12.7. The van der Waals surface area contributed by atoms with Gasteiger partial charge in [0.05, 0.1) is 6.61 Å². The number of nitrogens with two attached hydrogens (primary N) is 1. The van der Waals surface area contributed by atoms with Gasteiger partial charge in [0.15, 0.2) is 0 Å². The molecule has 1 aromatic heterocycles. The number of aromatic nitrogens is 1. The number of benzene rings is 1. The van der Waals surface area contributed by atoms with Crippen LogP contribution in [-0.2, 0) is 6.42 Å². The molecule has 0 atom stereocenters. The Hall–Kier alpha value is -1.74. The number of anilines is 1. The van der Waals surface area contributed by atoms with E-state index in [1.807, 2.05) is 18.2 Å². The van der Waals surface area contributed by atoms with Crippen molar-refractivity contribution >= 4 is 17.3 Å². The van der Waals surface area contributed by atoms with Gasteiger partial charge >= 0.3 is 0 Å². The zero-order chi connectivity index (χ0) is 12.8. The van der Waals surface area contributed by atoms with Gasteiger partial charge in [0.1, 0.15) is 5.15 Å². The Bertz CT molecular complexity index is 482. The number of nitrogen functional groups attached to an aromatic ring is 1. The van der Waals surface area contributed by atoms with Gasteiger partial charge in [-0.3, -0.25) is 0 Å². The molecule has 3 nitrogen and oxygen atoms in total. The molecule has 0 saturated carbocycles. The second-order valence-corrected chi connectivity index (χ2v) is 4.39. The Morgan fingerprint density at radius 1 is 1.17 bits per heavy atom. The summed E-state index contributed by atoms with van der Waals surface area (Å²) in [7, 11) is 0. The van der Waals surface area contributed by atoms with Crippen LogP contribution in [-0.4, -0.2) is 11.6 Å². The lowest BCUT2D eigenvalue weighted by Crippen LogP contribution is -2.01. The summed E-state index contributed by atoms with van der Waals surface area (Å²) in [6.45, 7) is 0.599. The summed E-state index contributed by atoms with van der Waals surface area (Å²) in [4.78, 5) is 4.04. The van der Waals surface area contributed by atoms with Crippen molar-refractivity contribution in [2.45, 2.75) is 12.8 Å². The Morgan fingerprint density at radius 3 is 2.67 bits per heavy atom. The van der Waals surface area contributed by atoms with E-state index in [1.54, 1.807) is 12.1 Å². The van der Waals surface area contributed by atoms with Gasteiger partial charge in [0, 0.05) is 11.8 Å². The highest BCUT2D eigenvalue weighted by Gasteiger charge is 2.00. The molecular formula is C14H15ClN2O. The summed E-state index contributed by atoms with van der Waals surface area (Å²) in [6.07, 6.45) is 1.91. The van der Waals surface area contributed by atoms with Gasteiger partial charge in [-0.1, -0.05) is 41.9 Å². The van der Waals surface area contributed by atoms with Gasteiger partial charge in [0.2, 0.25) is 5.88 Å². The normalized spacial score (nSPS) is 10.3. The molecule has 0 radical (unpaired) electrons. The predicted molar refractivity (Wildman–Crippen MR) is 73.9 cm³/mol. The fraction of sp³-hybridized carbons (Fsp3) is 0.214. The summed E-state index contributed by atoms with van der Waals surface area (Å²) in [5, 5.41) is 0.355. The summed E-state index contributed by atoms with van der Waals surface area (Å²) in [5.41, 5.74) is 7.52. The van der Waals surface area contributed by atoms with Gasteiger partial charge in [-0.15, -0.1) is 0 Å². The van der Waals surface area contributed by atoms with Crippen molar-refractivity contribution in [1.29, 1.82) is 0 Å². The van der Waals surface area contributed by atoms with Crippen LogP contribution in [0.4, 0.5) is 5.69 Å². The number of ether oxygens (including phenoxy) is 1. The van der Waals surface area contributed by atoms with E-state index in [0.717, 1.165) is 12.8 Å². The number of aryl methyl sites for hydroxylation is 1. The molecule has 0 unspecified atom stereocenters. The van der Waals surface area contributed by atoms with E-state index >= 15 is 0 Å². The van der Waals surface area contributed by atoms with Crippen LogP contribution in [0.1, 0.15) is 12.0 Å². The van der Waals surface area contributed by atoms with Crippen molar-refractivity contribution in [3.05, 3.63) is 53.2 Å². The van der Waals surface area contributed by atoms with E-state index in [-0.39, 0.29) is 0 Å². The van der Waals surface area contributed by atoms with Gasteiger partial charge in [-0.25, -0.2) is 4.98 Å². The van der Waals surface area contributed by atoms with Crippen molar-refractivity contribution in [2.75, 3.05) is 12.3 Å². The molecule has 0 saturated heterocycles. The quantitative estimate of drug-likeness (QED) is 0.664. The van der Waals surface area contributed by atoms with Crippen molar-refractivity contribution in [3.8, 4) is 5.88 Å². The minimum Gasteiger partial charge on any atom is -0.478 e. The molecule has 4 heteroatoms. The molecule has 2 aromatic rings. The summed E-state index contributed by atoms with van der Waals surface area (Å²) < 4.78 is 5.51. The Morgan fingerprint density at radius 2 is 1.94 bits per heavy atom. The fourth-order valence-electron chi connectivity index (χ4n) is 1.66. The number of pyridine rings is 1. The van der Waals surface area contributed by atoms with Gasteiger partial charge in [0.25, 0.3) is 0 Å². The van der Waals surface area contributed by atoms with E-state index in [9.17, 15) is 0 Å². The van der Waals surface area contributed by atoms with Crippen LogP contribution < -0.4 is 10.5 Å². The largest absolute Gasteiger partial charge is 0.478 e. The van der Waals surface area contributed by atoms with Crippen LogP contribution in [0, 0.1) is 0 Å². The predicted octanol–water partition coefficient (Wildman–Crippen LogP) is 3.33. The van der Waals surface area contributed by atoms with Gasteiger partial charge < -0.3 is 10.5 Å². The molecule has 1 aromatic carbocycles. The van der Waals surface area contributed by atoms with E-state index < -0.39 is 0 Å². The third-order valence-electron chi connectivity index (χ3n) is 2.50. The van der Waals surface area contributed by atoms with Crippen LogP contribution in [0.5, 0.6) is 5.88 Å². The van der Waals surface area contributed by atoms with E-state index in [2.05, 4.69) is 17.1 Å². The highest BCUT2D eigenvalue weighted by Crippen LogP contribution is 2.17. The Kier molecular flexibility index (Phi) is 4.42. The number of halogens is 1. The Labute approximate surface area is 112 Å². The molecule has 0 fully saturated rings. The smallest absolute Gasteiger partial charge is 0.216 e. The monoisotopic (exact) mass is 262 g/mol. The maximum Gasteiger partial charge on any atom is 0.216 e. The molecule has 0 bridgehead atoms. The lowest BCUT2D eigenvalue weighted by Gasteiger charge is -2.06. The van der Waals surface area contributed by atoms with E-state index in [0.29, 0.717) is 23.3 Å². The van der Waals surface area contributed by atoms with Crippen LogP contribution in [0.3, 0.4) is 0 Å².